The van der Waals surface area contributed by atoms with Gasteiger partial charge < -0.3 is 10.1 Å². The Morgan fingerprint density at radius 2 is 1.80 bits per heavy atom. The predicted molar refractivity (Wildman–Crippen MR) is 94.8 cm³/mol. The van der Waals surface area contributed by atoms with Crippen LogP contribution < -0.4 is 5.32 Å². The van der Waals surface area contributed by atoms with E-state index in [0.717, 1.165) is 18.4 Å². The molecule has 1 aromatic rings. The van der Waals surface area contributed by atoms with Crippen molar-refractivity contribution in [3.63, 3.8) is 0 Å². The van der Waals surface area contributed by atoms with Gasteiger partial charge in [-0.2, -0.15) is 8.42 Å². The van der Waals surface area contributed by atoms with Crippen LogP contribution in [0.2, 0.25) is 0 Å². The number of aryl methyl sites for hydroxylation is 1. The molecule has 0 saturated heterocycles. The Bertz CT molecular complexity index is 685. The zero-order valence-electron chi connectivity index (χ0n) is 15.2. The first-order valence-electron chi connectivity index (χ1n) is 8.51. The third-order valence-corrected chi connectivity index (χ3v) is 5.36. The van der Waals surface area contributed by atoms with Gasteiger partial charge in [-0.25, -0.2) is 4.79 Å². The van der Waals surface area contributed by atoms with E-state index in [0.29, 0.717) is 12.3 Å². The van der Waals surface area contributed by atoms with E-state index in [1.807, 2.05) is 27.7 Å². The lowest BCUT2D eigenvalue weighted by atomic mass is 9.78. The van der Waals surface area contributed by atoms with Gasteiger partial charge in [0.1, 0.15) is 5.60 Å². The van der Waals surface area contributed by atoms with E-state index in [9.17, 15) is 13.2 Å². The van der Waals surface area contributed by atoms with Crippen LogP contribution in [-0.2, 0) is 19.0 Å². The van der Waals surface area contributed by atoms with Crippen molar-refractivity contribution in [3.05, 3.63) is 29.8 Å². The van der Waals surface area contributed by atoms with E-state index >= 15 is 0 Å². The van der Waals surface area contributed by atoms with E-state index in [1.54, 1.807) is 24.3 Å². The van der Waals surface area contributed by atoms with Gasteiger partial charge in [-0.1, -0.05) is 17.7 Å². The van der Waals surface area contributed by atoms with E-state index in [2.05, 4.69) is 5.32 Å². The number of nitrogens with one attached hydrogen (secondary N) is 1. The highest BCUT2D eigenvalue weighted by Gasteiger charge is 2.31. The van der Waals surface area contributed by atoms with Crippen LogP contribution in [0.5, 0.6) is 0 Å². The number of benzene rings is 1. The van der Waals surface area contributed by atoms with Crippen LogP contribution in [0, 0.1) is 12.8 Å². The molecule has 1 aromatic carbocycles. The van der Waals surface area contributed by atoms with Crippen LogP contribution in [0.1, 0.15) is 45.6 Å². The summed E-state index contributed by atoms with van der Waals surface area (Å²) in [6, 6.07) is 6.68. The van der Waals surface area contributed by atoms with Crippen molar-refractivity contribution >= 4 is 16.2 Å². The van der Waals surface area contributed by atoms with Crippen LogP contribution >= 0.6 is 0 Å². The Morgan fingerprint density at radius 3 is 2.36 bits per heavy atom. The fourth-order valence-corrected chi connectivity index (χ4v) is 3.58. The van der Waals surface area contributed by atoms with Gasteiger partial charge in [0.15, 0.2) is 0 Å². The summed E-state index contributed by atoms with van der Waals surface area (Å²) < 4.78 is 34.5. The smallest absolute Gasteiger partial charge is 0.407 e. The zero-order chi connectivity index (χ0) is 18.7. The van der Waals surface area contributed by atoms with Gasteiger partial charge in [-0.15, -0.1) is 0 Å². The van der Waals surface area contributed by atoms with E-state index in [1.165, 1.54) is 0 Å². The molecule has 1 N–H and O–H groups in total. The molecule has 0 aliphatic heterocycles. The second-order valence-corrected chi connectivity index (χ2v) is 9.17. The average molecular weight is 369 g/mol. The van der Waals surface area contributed by atoms with Gasteiger partial charge in [-0.3, -0.25) is 4.18 Å². The largest absolute Gasteiger partial charge is 0.444 e. The maximum absolute atomic E-state index is 12.1. The van der Waals surface area contributed by atoms with Crippen LogP contribution in [-0.4, -0.2) is 32.8 Å². The zero-order valence-corrected chi connectivity index (χ0v) is 16.1. The molecule has 1 amide bonds. The van der Waals surface area contributed by atoms with Crippen LogP contribution in [0.15, 0.2) is 29.2 Å². The molecule has 1 aliphatic rings. The second kappa shape index (κ2) is 7.74. The molecule has 1 saturated carbocycles. The lowest BCUT2D eigenvalue weighted by molar-refractivity contribution is 0.0445. The molecule has 25 heavy (non-hydrogen) atoms. The lowest BCUT2D eigenvalue weighted by Gasteiger charge is -2.36. The molecule has 140 valence electrons. The number of alkyl carbamates (subject to hydrolysis) is 1. The quantitative estimate of drug-likeness (QED) is 0.777. The molecular weight excluding hydrogens is 342 g/mol. The van der Waals surface area contributed by atoms with Crippen LogP contribution in [0.25, 0.3) is 0 Å². The number of hydrogen-bond acceptors (Lipinski definition) is 5. The minimum Gasteiger partial charge on any atom is -0.444 e. The fourth-order valence-electron chi connectivity index (χ4n) is 2.66. The number of amides is 1. The molecule has 0 radical (unpaired) electrons. The molecule has 2 rings (SSSR count). The maximum atomic E-state index is 12.1. The Hall–Kier alpha value is -1.60. The first kappa shape index (κ1) is 19.7. The number of hydrogen-bond donors (Lipinski definition) is 1. The lowest BCUT2D eigenvalue weighted by Crippen LogP contribution is -2.46. The molecule has 1 aliphatic carbocycles. The normalized spacial score (nSPS) is 20.6. The number of ether oxygens (including phenoxy) is 1. The third-order valence-electron chi connectivity index (χ3n) is 4.03. The molecule has 0 heterocycles. The summed E-state index contributed by atoms with van der Waals surface area (Å²) in [5.41, 5.74) is 0.489. The average Bonchev–Trinajstić information content (AvgIpc) is 2.42. The van der Waals surface area contributed by atoms with Crippen molar-refractivity contribution in [2.24, 2.45) is 5.92 Å². The summed E-state index contributed by atoms with van der Waals surface area (Å²) in [6.07, 6.45) is 1.87. The highest BCUT2D eigenvalue weighted by molar-refractivity contribution is 7.86. The summed E-state index contributed by atoms with van der Waals surface area (Å²) in [5, 5.41) is 2.82. The predicted octanol–water partition coefficient (Wildman–Crippen LogP) is 3.39. The van der Waals surface area contributed by atoms with Gasteiger partial charge in [-0.05, 0) is 65.0 Å². The Kier molecular flexibility index (Phi) is 6.11. The summed E-state index contributed by atoms with van der Waals surface area (Å²) in [4.78, 5) is 11.8. The Balaban J connectivity index is 1.67. The highest BCUT2D eigenvalue weighted by Crippen LogP contribution is 2.31. The summed E-state index contributed by atoms with van der Waals surface area (Å²) in [6.45, 7) is 7.52. The molecule has 1 fully saturated rings. The molecule has 0 spiro atoms. The van der Waals surface area contributed by atoms with E-state index in [4.69, 9.17) is 8.92 Å². The van der Waals surface area contributed by atoms with Crippen molar-refractivity contribution < 1.29 is 22.1 Å². The number of rotatable bonds is 6. The molecular formula is C18H27NO5S. The third kappa shape index (κ3) is 6.32. The fraction of sp³-hybridized carbons (Fsp3) is 0.611. The van der Waals surface area contributed by atoms with Crippen molar-refractivity contribution in [1.29, 1.82) is 0 Å². The summed E-state index contributed by atoms with van der Waals surface area (Å²) in [5.74, 6) is 0.355. The minimum absolute atomic E-state index is 0.0913. The molecule has 0 unspecified atom stereocenters. The van der Waals surface area contributed by atoms with E-state index in [-0.39, 0.29) is 17.5 Å². The second-order valence-electron chi connectivity index (χ2n) is 7.56. The first-order valence-corrected chi connectivity index (χ1v) is 9.91. The SMILES string of the molecule is Cc1ccc(S(=O)(=O)OCCC2CC(NC(=O)OC(C)(C)C)C2)cc1. The van der Waals surface area contributed by atoms with Crippen LogP contribution in [0.3, 0.4) is 0 Å². The Labute approximate surface area is 150 Å². The van der Waals surface area contributed by atoms with Crippen LogP contribution in [0.4, 0.5) is 4.79 Å². The molecule has 0 bridgehead atoms. The van der Waals surface area contributed by atoms with Gasteiger partial charge >= 0.3 is 6.09 Å². The van der Waals surface area contributed by atoms with Crippen molar-refractivity contribution in [2.75, 3.05) is 6.61 Å². The van der Waals surface area contributed by atoms with Gasteiger partial charge in [0, 0.05) is 6.04 Å². The molecule has 7 heteroatoms. The van der Waals surface area contributed by atoms with E-state index < -0.39 is 21.8 Å². The standard InChI is InChI=1S/C18H27NO5S/c1-13-5-7-16(8-6-13)25(21,22)23-10-9-14-11-15(12-14)19-17(20)24-18(2,3)4/h5-8,14-15H,9-12H2,1-4H3,(H,19,20). The summed E-state index contributed by atoms with van der Waals surface area (Å²) in [7, 11) is -3.70. The molecule has 0 aromatic heterocycles. The van der Waals surface area contributed by atoms with Gasteiger partial charge in [0.25, 0.3) is 10.1 Å². The monoisotopic (exact) mass is 369 g/mol. The number of carbonyl (C=O) groups is 1. The Morgan fingerprint density at radius 1 is 1.20 bits per heavy atom. The number of carbonyl (C=O) groups excluding carboxylic acids is 1. The van der Waals surface area contributed by atoms with Crippen molar-refractivity contribution in [3.8, 4) is 0 Å². The first-order chi connectivity index (χ1) is 11.5. The topological polar surface area (TPSA) is 81.7 Å². The molecule has 0 atom stereocenters. The minimum atomic E-state index is -3.70. The van der Waals surface area contributed by atoms with Crippen molar-refractivity contribution in [1.82, 2.24) is 5.32 Å². The molecule has 6 nitrogen and oxygen atoms in total. The highest BCUT2D eigenvalue weighted by atomic mass is 32.2. The van der Waals surface area contributed by atoms with Crippen molar-refractivity contribution in [2.45, 2.75) is 63.5 Å². The van der Waals surface area contributed by atoms with Gasteiger partial charge in [0.2, 0.25) is 0 Å². The summed E-state index contributed by atoms with van der Waals surface area (Å²) >= 11 is 0. The maximum Gasteiger partial charge on any atom is 0.407 e. The van der Waals surface area contributed by atoms with Gasteiger partial charge in [0.05, 0.1) is 11.5 Å².